The lowest BCUT2D eigenvalue weighted by Gasteiger charge is -2.22. The highest BCUT2D eigenvalue weighted by Gasteiger charge is 2.23. The van der Waals surface area contributed by atoms with E-state index in [1.807, 2.05) is 6.92 Å². The highest BCUT2D eigenvalue weighted by molar-refractivity contribution is 14.1. The maximum Gasteiger partial charge on any atom is 0.224 e. The van der Waals surface area contributed by atoms with Gasteiger partial charge in [0.05, 0.1) is 17.0 Å². The smallest absolute Gasteiger partial charge is 0.224 e. The molecule has 2 aromatic rings. The van der Waals surface area contributed by atoms with Gasteiger partial charge in [-0.05, 0) is 49.8 Å². The molecule has 1 atom stereocenters. The predicted octanol–water partition coefficient (Wildman–Crippen LogP) is 1.32. The molecule has 0 aliphatic rings. The summed E-state index contributed by atoms with van der Waals surface area (Å²) in [6, 6.07) is -0.0280. The lowest BCUT2D eigenvalue weighted by molar-refractivity contribution is 0.0557. The van der Waals surface area contributed by atoms with E-state index in [4.69, 9.17) is 11.5 Å². The first kappa shape index (κ1) is 14.3. The van der Waals surface area contributed by atoms with E-state index in [9.17, 15) is 5.11 Å². The van der Waals surface area contributed by atoms with Crippen LogP contribution in [0.1, 0.15) is 33.2 Å². The second kappa shape index (κ2) is 4.75. The minimum Gasteiger partial charge on any atom is -0.390 e. The minimum atomic E-state index is -0.784. The molecule has 2 aromatic heterocycles. The van der Waals surface area contributed by atoms with Crippen molar-refractivity contribution in [1.82, 2.24) is 19.7 Å². The third-order valence-electron chi connectivity index (χ3n) is 2.77. The molecule has 0 saturated heterocycles. The Kier molecular flexibility index (Phi) is 3.56. The molecule has 0 saturated carbocycles. The highest BCUT2D eigenvalue weighted by atomic mass is 127. The van der Waals surface area contributed by atoms with Crippen molar-refractivity contribution in [3.63, 3.8) is 0 Å². The Bertz CT molecular complexity index is 618. The van der Waals surface area contributed by atoms with Crippen molar-refractivity contribution < 1.29 is 5.11 Å². The molecule has 1 unspecified atom stereocenters. The van der Waals surface area contributed by atoms with Gasteiger partial charge in [0.2, 0.25) is 5.95 Å². The van der Waals surface area contributed by atoms with Crippen molar-refractivity contribution in [2.24, 2.45) is 0 Å². The van der Waals surface area contributed by atoms with Crippen molar-refractivity contribution in [1.29, 1.82) is 0 Å². The van der Waals surface area contributed by atoms with Gasteiger partial charge in [0, 0.05) is 0 Å². The lowest BCUT2D eigenvalue weighted by Crippen LogP contribution is -2.24. The number of nitrogen functional groups attached to an aromatic ring is 2. The number of aromatic nitrogens is 4. The molecule has 8 heteroatoms. The number of rotatable bonds is 3. The van der Waals surface area contributed by atoms with Crippen LogP contribution in [-0.4, -0.2) is 30.5 Å². The molecule has 0 aromatic carbocycles. The Hall–Kier alpha value is -1.16. The van der Waals surface area contributed by atoms with Crippen LogP contribution in [0.5, 0.6) is 0 Å². The minimum absolute atomic E-state index is 0.0280. The topological polar surface area (TPSA) is 116 Å². The SMILES string of the molecule is CC(CC(C)(C)O)n1nc(I)c2c(N)nc(N)nc21. The fourth-order valence-corrected chi connectivity index (χ4v) is 2.91. The Morgan fingerprint density at radius 3 is 2.58 bits per heavy atom. The fraction of sp³-hybridized carbons (Fsp3) is 0.545. The Balaban J connectivity index is 2.56. The molecule has 0 bridgehead atoms. The Morgan fingerprint density at radius 2 is 2.00 bits per heavy atom. The summed E-state index contributed by atoms with van der Waals surface area (Å²) in [4.78, 5) is 8.16. The molecule has 104 valence electrons. The van der Waals surface area contributed by atoms with Gasteiger partial charge in [-0.2, -0.15) is 15.1 Å². The van der Waals surface area contributed by atoms with Gasteiger partial charge in [-0.15, -0.1) is 0 Å². The molecule has 0 fully saturated rings. The molecule has 19 heavy (non-hydrogen) atoms. The van der Waals surface area contributed by atoms with Gasteiger partial charge in [-0.25, -0.2) is 4.68 Å². The van der Waals surface area contributed by atoms with E-state index in [-0.39, 0.29) is 12.0 Å². The summed E-state index contributed by atoms with van der Waals surface area (Å²) in [5, 5.41) is 15.0. The van der Waals surface area contributed by atoms with E-state index in [2.05, 4.69) is 37.7 Å². The van der Waals surface area contributed by atoms with Crippen molar-refractivity contribution in [2.45, 2.75) is 38.8 Å². The zero-order chi connectivity index (χ0) is 14.4. The van der Waals surface area contributed by atoms with Gasteiger partial charge in [-0.3, -0.25) is 0 Å². The number of fused-ring (bicyclic) bond motifs is 1. The molecule has 2 rings (SSSR count). The van der Waals surface area contributed by atoms with Crippen LogP contribution in [0.15, 0.2) is 0 Å². The van der Waals surface area contributed by atoms with Gasteiger partial charge < -0.3 is 16.6 Å². The lowest BCUT2D eigenvalue weighted by atomic mass is 10.0. The molecule has 0 amide bonds. The molecule has 0 radical (unpaired) electrons. The van der Waals surface area contributed by atoms with Crippen molar-refractivity contribution in [3.8, 4) is 0 Å². The number of hydrogen-bond acceptors (Lipinski definition) is 6. The summed E-state index contributed by atoms with van der Waals surface area (Å²) in [5.74, 6) is 0.451. The van der Waals surface area contributed by atoms with E-state index in [1.165, 1.54) is 0 Å². The van der Waals surface area contributed by atoms with E-state index in [1.54, 1.807) is 18.5 Å². The summed E-state index contributed by atoms with van der Waals surface area (Å²) >= 11 is 2.09. The Labute approximate surface area is 124 Å². The highest BCUT2D eigenvalue weighted by Crippen LogP contribution is 2.29. The molecule has 7 nitrogen and oxygen atoms in total. The number of hydrogen-bond donors (Lipinski definition) is 3. The van der Waals surface area contributed by atoms with E-state index >= 15 is 0 Å². The molecule has 2 heterocycles. The van der Waals surface area contributed by atoms with Crippen LogP contribution in [0.25, 0.3) is 11.0 Å². The van der Waals surface area contributed by atoms with Crippen molar-refractivity contribution in [3.05, 3.63) is 3.70 Å². The van der Waals surface area contributed by atoms with E-state index < -0.39 is 5.60 Å². The third kappa shape index (κ3) is 2.89. The van der Waals surface area contributed by atoms with Gasteiger partial charge in [0.15, 0.2) is 5.65 Å². The van der Waals surface area contributed by atoms with Gasteiger partial charge in [-0.1, -0.05) is 0 Å². The second-order valence-electron chi connectivity index (χ2n) is 5.27. The summed E-state index contributed by atoms with van der Waals surface area (Å²) in [5.41, 5.74) is 11.3. The third-order valence-corrected chi connectivity index (χ3v) is 3.52. The monoisotopic (exact) mass is 376 g/mol. The van der Waals surface area contributed by atoms with Crippen LogP contribution < -0.4 is 11.5 Å². The standard InChI is InChI=1S/C11H17IN6O/c1-5(4-11(2,3)19)18-9-6(7(12)17-18)8(13)15-10(14)16-9/h5,19H,4H2,1-3H3,(H4,13,14,15,16). The number of nitrogens with two attached hydrogens (primary N) is 2. The summed E-state index contributed by atoms with van der Waals surface area (Å²) in [7, 11) is 0. The average molecular weight is 376 g/mol. The fourth-order valence-electron chi connectivity index (χ4n) is 2.16. The van der Waals surface area contributed by atoms with Crippen LogP contribution in [0.3, 0.4) is 0 Å². The Morgan fingerprint density at radius 1 is 1.37 bits per heavy atom. The predicted molar refractivity (Wildman–Crippen MR) is 82.5 cm³/mol. The molecular formula is C11H17IN6O. The number of nitrogens with zero attached hydrogens (tertiary/aromatic N) is 4. The van der Waals surface area contributed by atoms with Gasteiger partial charge in [0.25, 0.3) is 0 Å². The number of aliphatic hydroxyl groups is 1. The first-order valence-electron chi connectivity index (χ1n) is 5.88. The molecule has 0 spiro atoms. The van der Waals surface area contributed by atoms with E-state index in [0.29, 0.717) is 23.3 Å². The largest absolute Gasteiger partial charge is 0.390 e. The zero-order valence-corrected chi connectivity index (χ0v) is 13.2. The second-order valence-corrected chi connectivity index (χ2v) is 6.29. The molecule has 5 N–H and O–H groups in total. The van der Waals surface area contributed by atoms with Crippen LogP contribution in [0, 0.1) is 3.70 Å². The van der Waals surface area contributed by atoms with Gasteiger partial charge in [0.1, 0.15) is 9.52 Å². The number of anilines is 2. The van der Waals surface area contributed by atoms with Gasteiger partial charge >= 0.3 is 0 Å². The molecule has 0 aliphatic heterocycles. The van der Waals surface area contributed by atoms with Crippen LogP contribution in [0.4, 0.5) is 11.8 Å². The van der Waals surface area contributed by atoms with E-state index in [0.717, 1.165) is 3.70 Å². The summed E-state index contributed by atoms with van der Waals surface area (Å²) < 4.78 is 2.47. The zero-order valence-electron chi connectivity index (χ0n) is 11.1. The summed E-state index contributed by atoms with van der Waals surface area (Å²) in [6.07, 6.45) is 0.545. The van der Waals surface area contributed by atoms with Crippen molar-refractivity contribution in [2.75, 3.05) is 11.5 Å². The maximum atomic E-state index is 9.91. The van der Waals surface area contributed by atoms with Crippen LogP contribution in [-0.2, 0) is 0 Å². The molecule has 0 aliphatic carbocycles. The summed E-state index contributed by atoms with van der Waals surface area (Å²) in [6.45, 7) is 5.49. The first-order chi connectivity index (χ1) is 8.69. The normalized spacial score (nSPS) is 13.9. The quantitative estimate of drug-likeness (QED) is 0.696. The maximum absolute atomic E-state index is 9.91. The van der Waals surface area contributed by atoms with Crippen LogP contribution in [0.2, 0.25) is 0 Å². The molecular weight excluding hydrogens is 359 g/mol. The van der Waals surface area contributed by atoms with Crippen LogP contribution >= 0.6 is 22.6 Å². The first-order valence-corrected chi connectivity index (χ1v) is 6.96. The van der Waals surface area contributed by atoms with Crippen molar-refractivity contribution >= 4 is 45.4 Å². The average Bonchev–Trinajstić information content (AvgIpc) is 2.53. The number of halogens is 1.